The predicted molar refractivity (Wildman–Crippen MR) is 115 cm³/mol. The van der Waals surface area contributed by atoms with E-state index in [1.165, 1.54) is 11.3 Å². The fourth-order valence-electron chi connectivity index (χ4n) is 2.99. The first-order chi connectivity index (χ1) is 14.4. The molecular weight excluding hydrogens is 400 g/mol. The summed E-state index contributed by atoms with van der Waals surface area (Å²) in [5.74, 6) is 2.55. The van der Waals surface area contributed by atoms with Crippen molar-refractivity contribution < 1.29 is 13.7 Å². The highest BCUT2D eigenvalue weighted by Crippen LogP contribution is 2.31. The summed E-state index contributed by atoms with van der Waals surface area (Å²) in [6.45, 7) is 7.82. The van der Waals surface area contributed by atoms with Gasteiger partial charge in [-0.3, -0.25) is 4.79 Å². The molecule has 30 heavy (non-hydrogen) atoms. The fraction of sp³-hybridized carbons (Fsp3) is 0.273. The molecule has 0 fully saturated rings. The maximum absolute atomic E-state index is 12.7. The molecular formula is C22H22N4O3S. The monoisotopic (exact) mass is 422 g/mol. The summed E-state index contributed by atoms with van der Waals surface area (Å²) in [6, 6.07) is 9.47. The Morgan fingerprint density at radius 2 is 2.00 bits per heavy atom. The smallest absolute Gasteiger partial charge is 0.260 e. The Hall–Kier alpha value is -3.26. The first-order valence-corrected chi connectivity index (χ1v) is 10.5. The number of carbonyl (C=O) groups excluding carboxylic acids is 1. The molecule has 0 aliphatic heterocycles. The molecule has 0 bridgehead atoms. The fourth-order valence-corrected chi connectivity index (χ4v) is 3.77. The van der Waals surface area contributed by atoms with Crippen LogP contribution < -0.4 is 5.32 Å². The van der Waals surface area contributed by atoms with Gasteiger partial charge in [0.25, 0.3) is 5.89 Å². The molecule has 1 aromatic carbocycles. The normalized spacial score (nSPS) is 11.2. The third-order valence-corrected chi connectivity index (χ3v) is 5.48. The highest BCUT2D eigenvalue weighted by molar-refractivity contribution is 7.13. The van der Waals surface area contributed by atoms with Gasteiger partial charge in [-0.15, -0.1) is 11.3 Å². The number of para-hydroxylation sites is 1. The summed E-state index contributed by atoms with van der Waals surface area (Å²) in [4.78, 5) is 21.7. The van der Waals surface area contributed by atoms with E-state index in [1.54, 1.807) is 0 Å². The Bertz CT molecular complexity index is 1190. The summed E-state index contributed by atoms with van der Waals surface area (Å²) < 4.78 is 11.0. The molecule has 0 aliphatic rings. The Labute approximate surface area is 178 Å². The summed E-state index contributed by atoms with van der Waals surface area (Å²) >= 11 is 1.45. The van der Waals surface area contributed by atoms with E-state index in [0.717, 1.165) is 16.3 Å². The van der Waals surface area contributed by atoms with Crippen LogP contribution in [0.3, 0.4) is 0 Å². The van der Waals surface area contributed by atoms with Gasteiger partial charge in [-0.1, -0.05) is 31.1 Å². The van der Waals surface area contributed by atoms with Crippen LogP contribution in [0.15, 0.2) is 44.7 Å². The standard InChI is InChI=1S/C22H22N4O3S/c1-12(2)20-25-21(29-26-20)16-7-5-6-13(3)19(16)24-18(27)10-15-11-30-22(23-15)17-9-8-14(4)28-17/h5-9,11-12H,10H2,1-4H3,(H,24,27). The SMILES string of the molecule is Cc1ccc(-c2nc(CC(=O)Nc3c(C)cccc3-c3nc(C(C)C)no3)cs2)o1. The Kier molecular flexibility index (Phi) is 5.50. The molecule has 1 N–H and O–H groups in total. The molecule has 0 atom stereocenters. The lowest BCUT2D eigenvalue weighted by Crippen LogP contribution is -2.16. The number of amides is 1. The number of hydrogen-bond acceptors (Lipinski definition) is 7. The molecule has 0 saturated carbocycles. The number of furan rings is 1. The van der Waals surface area contributed by atoms with Crippen LogP contribution in [0.2, 0.25) is 0 Å². The zero-order valence-electron chi connectivity index (χ0n) is 17.2. The van der Waals surface area contributed by atoms with Crippen LogP contribution in [0.4, 0.5) is 5.69 Å². The molecule has 1 amide bonds. The number of benzene rings is 1. The van der Waals surface area contributed by atoms with Crippen molar-refractivity contribution in [1.82, 2.24) is 15.1 Å². The topological polar surface area (TPSA) is 94.1 Å². The lowest BCUT2D eigenvalue weighted by atomic mass is 10.1. The molecule has 0 radical (unpaired) electrons. The van der Waals surface area contributed by atoms with E-state index in [4.69, 9.17) is 8.94 Å². The van der Waals surface area contributed by atoms with E-state index in [0.29, 0.717) is 34.4 Å². The lowest BCUT2D eigenvalue weighted by Gasteiger charge is -2.11. The molecule has 3 heterocycles. The molecule has 0 saturated heterocycles. The Morgan fingerprint density at radius 1 is 1.17 bits per heavy atom. The van der Waals surface area contributed by atoms with Gasteiger partial charge in [-0.05, 0) is 37.6 Å². The molecule has 0 unspecified atom stereocenters. The number of carbonyl (C=O) groups is 1. The maximum Gasteiger partial charge on any atom is 0.260 e. The van der Waals surface area contributed by atoms with Gasteiger partial charge in [-0.2, -0.15) is 4.98 Å². The Morgan fingerprint density at radius 3 is 2.70 bits per heavy atom. The van der Waals surface area contributed by atoms with Gasteiger partial charge in [0.1, 0.15) is 5.76 Å². The third kappa shape index (κ3) is 4.18. The molecule has 0 spiro atoms. The van der Waals surface area contributed by atoms with Crippen LogP contribution in [-0.4, -0.2) is 21.0 Å². The first kappa shape index (κ1) is 20.0. The van der Waals surface area contributed by atoms with E-state index < -0.39 is 0 Å². The summed E-state index contributed by atoms with van der Waals surface area (Å²) in [5, 5.41) is 9.65. The second-order valence-electron chi connectivity index (χ2n) is 7.39. The lowest BCUT2D eigenvalue weighted by molar-refractivity contribution is -0.115. The largest absolute Gasteiger partial charge is 0.459 e. The second kappa shape index (κ2) is 8.23. The van der Waals surface area contributed by atoms with Crippen molar-refractivity contribution in [3.63, 3.8) is 0 Å². The zero-order chi connectivity index (χ0) is 21.3. The number of rotatable bonds is 6. The van der Waals surface area contributed by atoms with Crippen LogP contribution in [0.25, 0.3) is 22.2 Å². The van der Waals surface area contributed by atoms with Crippen molar-refractivity contribution in [2.75, 3.05) is 5.32 Å². The number of hydrogen-bond donors (Lipinski definition) is 1. The Balaban J connectivity index is 1.53. The van der Waals surface area contributed by atoms with Gasteiger partial charge in [0.2, 0.25) is 5.91 Å². The van der Waals surface area contributed by atoms with Crippen LogP contribution in [0.5, 0.6) is 0 Å². The van der Waals surface area contributed by atoms with Crippen molar-refractivity contribution in [3.05, 3.63) is 58.6 Å². The molecule has 0 aliphatic carbocycles. The van der Waals surface area contributed by atoms with Crippen molar-refractivity contribution in [2.24, 2.45) is 0 Å². The highest BCUT2D eigenvalue weighted by Gasteiger charge is 2.18. The number of nitrogens with one attached hydrogen (secondary N) is 1. The molecule has 4 rings (SSSR count). The highest BCUT2D eigenvalue weighted by atomic mass is 32.1. The predicted octanol–water partition coefficient (Wildman–Crippen LogP) is 5.37. The summed E-state index contributed by atoms with van der Waals surface area (Å²) in [6.07, 6.45) is 0.158. The van der Waals surface area contributed by atoms with Crippen LogP contribution in [0.1, 0.15) is 42.6 Å². The average molecular weight is 423 g/mol. The van der Waals surface area contributed by atoms with E-state index in [2.05, 4.69) is 20.4 Å². The van der Waals surface area contributed by atoms with E-state index in [1.807, 2.05) is 63.4 Å². The van der Waals surface area contributed by atoms with Gasteiger partial charge in [0.05, 0.1) is 23.4 Å². The van der Waals surface area contributed by atoms with Crippen molar-refractivity contribution >= 4 is 22.9 Å². The number of aromatic nitrogens is 3. The zero-order valence-corrected chi connectivity index (χ0v) is 18.0. The third-order valence-electron chi connectivity index (χ3n) is 4.57. The quantitative estimate of drug-likeness (QED) is 0.449. The minimum Gasteiger partial charge on any atom is -0.459 e. The number of nitrogens with zero attached hydrogens (tertiary/aromatic N) is 3. The van der Waals surface area contributed by atoms with Crippen molar-refractivity contribution in [2.45, 2.75) is 40.0 Å². The molecule has 8 heteroatoms. The average Bonchev–Trinajstić information content (AvgIpc) is 3.44. The number of aryl methyl sites for hydroxylation is 2. The van der Waals surface area contributed by atoms with E-state index in [9.17, 15) is 4.79 Å². The van der Waals surface area contributed by atoms with Crippen LogP contribution >= 0.6 is 11.3 Å². The van der Waals surface area contributed by atoms with Crippen molar-refractivity contribution in [3.8, 4) is 22.2 Å². The van der Waals surface area contributed by atoms with Crippen LogP contribution in [-0.2, 0) is 11.2 Å². The number of thiazole rings is 1. The first-order valence-electron chi connectivity index (χ1n) is 9.65. The van der Waals surface area contributed by atoms with E-state index >= 15 is 0 Å². The van der Waals surface area contributed by atoms with Crippen LogP contribution in [0, 0.1) is 13.8 Å². The summed E-state index contributed by atoms with van der Waals surface area (Å²) in [7, 11) is 0. The minimum absolute atomic E-state index is 0.155. The van der Waals surface area contributed by atoms with Gasteiger partial charge >= 0.3 is 0 Å². The van der Waals surface area contributed by atoms with Gasteiger partial charge in [0, 0.05) is 11.3 Å². The molecule has 3 aromatic heterocycles. The molecule has 154 valence electrons. The van der Waals surface area contributed by atoms with Gasteiger partial charge in [0.15, 0.2) is 16.6 Å². The second-order valence-corrected chi connectivity index (χ2v) is 8.25. The maximum atomic E-state index is 12.7. The molecule has 7 nitrogen and oxygen atoms in total. The minimum atomic E-state index is -0.165. The van der Waals surface area contributed by atoms with Gasteiger partial charge < -0.3 is 14.3 Å². The van der Waals surface area contributed by atoms with Crippen molar-refractivity contribution in [1.29, 1.82) is 0 Å². The van der Waals surface area contributed by atoms with E-state index in [-0.39, 0.29) is 18.2 Å². The summed E-state index contributed by atoms with van der Waals surface area (Å²) in [5.41, 5.74) is 2.97. The van der Waals surface area contributed by atoms with Gasteiger partial charge in [-0.25, -0.2) is 4.98 Å². The number of anilines is 1. The molecule has 4 aromatic rings.